The summed E-state index contributed by atoms with van der Waals surface area (Å²) in [5, 5.41) is 3.09. The maximum absolute atomic E-state index is 13.7. The molecule has 0 bridgehead atoms. The van der Waals surface area contributed by atoms with Crippen LogP contribution in [0.2, 0.25) is 5.02 Å². The predicted octanol–water partition coefficient (Wildman–Crippen LogP) is 5.15. The van der Waals surface area contributed by atoms with E-state index in [-0.39, 0.29) is 16.3 Å². The van der Waals surface area contributed by atoms with Gasteiger partial charge in [-0.05, 0) is 42.0 Å². The van der Waals surface area contributed by atoms with Gasteiger partial charge in [0.1, 0.15) is 5.69 Å². The van der Waals surface area contributed by atoms with Crippen molar-refractivity contribution in [1.82, 2.24) is 0 Å². The van der Waals surface area contributed by atoms with Crippen molar-refractivity contribution < 1.29 is 17.9 Å². The van der Waals surface area contributed by atoms with Gasteiger partial charge in [0.15, 0.2) is 21.1 Å². The Morgan fingerprint density at radius 2 is 1.76 bits per heavy atom. The first-order valence-electron chi connectivity index (χ1n) is 8.46. The molecule has 0 saturated heterocycles. The third kappa shape index (κ3) is 5.51. The Bertz CT molecular complexity index is 1120. The highest BCUT2D eigenvalue weighted by atomic mass is 35.5. The second-order valence-electron chi connectivity index (χ2n) is 5.96. The number of carbonyl (C=O) groups excluding carboxylic acids is 1. The number of anilines is 2. The van der Waals surface area contributed by atoms with Crippen LogP contribution in [0.1, 0.15) is 5.56 Å². The maximum atomic E-state index is 13.7. The Labute approximate surface area is 173 Å². The summed E-state index contributed by atoms with van der Waals surface area (Å²) in [5.74, 6) is -1.15. The highest BCUT2D eigenvalue weighted by molar-refractivity contribution is 7.99. The third-order valence-corrected chi connectivity index (χ3v) is 5.56. The number of rotatable bonds is 6. The summed E-state index contributed by atoms with van der Waals surface area (Å²) in [5.41, 5.74) is 0.787. The first-order valence-corrected chi connectivity index (χ1v) is 10.3. The molecule has 0 aliphatic heterocycles. The molecule has 1 unspecified atom stereocenters. The summed E-state index contributed by atoms with van der Waals surface area (Å²) in [7, 11) is -4.03. The Morgan fingerprint density at radius 3 is 2.52 bits per heavy atom. The Balaban J connectivity index is 1.73. The molecule has 29 heavy (non-hydrogen) atoms. The number of para-hydroxylation sites is 1. The van der Waals surface area contributed by atoms with Gasteiger partial charge >= 0.3 is 0 Å². The van der Waals surface area contributed by atoms with E-state index in [9.17, 15) is 17.9 Å². The van der Waals surface area contributed by atoms with Crippen molar-refractivity contribution in [2.75, 3.05) is 10.0 Å². The minimum Gasteiger partial charge on any atom is -0.588 e. The molecular formula is C21H16ClFN2O3S. The van der Waals surface area contributed by atoms with Crippen LogP contribution >= 0.6 is 11.6 Å². The van der Waals surface area contributed by atoms with Crippen LogP contribution in [0, 0.1) is 5.82 Å². The number of nitrogens with one attached hydrogen (secondary N) is 2. The molecule has 0 radical (unpaired) electrons. The molecule has 1 atom stereocenters. The number of benzene rings is 3. The van der Waals surface area contributed by atoms with Gasteiger partial charge in [0.05, 0.1) is 0 Å². The lowest BCUT2D eigenvalue weighted by atomic mass is 10.2. The molecule has 3 aromatic rings. The minimum absolute atomic E-state index is 0.117. The van der Waals surface area contributed by atoms with Gasteiger partial charge in [0.2, 0.25) is 5.91 Å². The molecule has 3 aromatic carbocycles. The first kappa shape index (κ1) is 20.7. The van der Waals surface area contributed by atoms with Gasteiger partial charge in [-0.15, -0.1) is 0 Å². The topological polar surface area (TPSA) is 81.3 Å². The van der Waals surface area contributed by atoms with E-state index < -0.39 is 22.1 Å². The van der Waals surface area contributed by atoms with Gasteiger partial charge in [-0.2, -0.15) is 4.72 Å². The van der Waals surface area contributed by atoms with Crippen LogP contribution in [0.25, 0.3) is 6.08 Å². The standard InChI is InChI=1S/C21H16ClFN2O3S/c22-18-9-2-1-6-15(18)12-13-21(26)24-16-7-5-8-17(14-16)29(27,28)25-20-11-4-3-10-19(20)23/h1-14H,(H2-,24,25,26,27,28)/b13-12+. The molecule has 5 nitrogen and oxygen atoms in total. The first-order chi connectivity index (χ1) is 13.8. The Hall–Kier alpha value is -3.00. The van der Waals surface area contributed by atoms with E-state index in [4.69, 9.17) is 11.6 Å². The van der Waals surface area contributed by atoms with E-state index in [1.165, 1.54) is 42.5 Å². The van der Waals surface area contributed by atoms with E-state index in [1.54, 1.807) is 36.4 Å². The molecule has 8 heteroatoms. The Kier molecular flexibility index (Phi) is 6.43. The molecule has 0 saturated carbocycles. The predicted molar refractivity (Wildman–Crippen MR) is 113 cm³/mol. The van der Waals surface area contributed by atoms with Crippen molar-refractivity contribution in [2.45, 2.75) is 4.90 Å². The number of sulfonamides is 1. The molecule has 0 heterocycles. The van der Waals surface area contributed by atoms with Crippen LogP contribution in [-0.2, 0) is 19.4 Å². The lowest BCUT2D eigenvalue weighted by Crippen LogP contribution is -2.22. The largest absolute Gasteiger partial charge is 0.588 e. The van der Waals surface area contributed by atoms with Crippen molar-refractivity contribution in [2.24, 2.45) is 0 Å². The lowest BCUT2D eigenvalue weighted by Gasteiger charge is -2.17. The SMILES string of the molecule is O=C(/C=C/c1ccccc1Cl)Nc1cccc([S+](=O)([O-])Nc2ccccc2F)c1. The average Bonchev–Trinajstić information content (AvgIpc) is 2.69. The smallest absolute Gasteiger partial charge is 0.248 e. The van der Waals surface area contributed by atoms with Gasteiger partial charge in [-0.25, -0.2) is 4.39 Å². The average molecular weight is 431 g/mol. The summed E-state index contributed by atoms with van der Waals surface area (Å²) in [6.45, 7) is 0. The molecule has 148 valence electrons. The maximum Gasteiger partial charge on any atom is 0.248 e. The summed E-state index contributed by atoms with van der Waals surface area (Å²) >= 11 is 6.03. The number of hydrogen-bond acceptors (Lipinski definition) is 3. The van der Waals surface area contributed by atoms with Gasteiger partial charge in [-0.3, -0.25) is 4.79 Å². The van der Waals surface area contributed by atoms with Gasteiger partial charge < -0.3 is 9.87 Å². The molecule has 0 spiro atoms. The van der Waals surface area contributed by atoms with Crippen molar-refractivity contribution in [3.63, 3.8) is 0 Å². The van der Waals surface area contributed by atoms with Crippen molar-refractivity contribution in [3.05, 3.63) is 95.3 Å². The van der Waals surface area contributed by atoms with Crippen LogP contribution < -0.4 is 10.0 Å². The van der Waals surface area contributed by atoms with Crippen LogP contribution in [0.5, 0.6) is 0 Å². The molecule has 2 N–H and O–H groups in total. The Morgan fingerprint density at radius 1 is 1.03 bits per heavy atom. The molecular weight excluding hydrogens is 415 g/mol. The fourth-order valence-electron chi connectivity index (χ4n) is 2.45. The second-order valence-corrected chi connectivity index (χ2v) is 8.05. The number of halogens is 2. The van der Waals surface area contributed by atoms with E-state index in [1.807, 2.05) is 0 Å². The highest BCUT2D eigenvalue weighted by Crippen LogP contribution is 2.24. The van der Waals surface area contributed by atoms with E-state index in [0.717, 1.165) is 6.07 Å². The molecule has 3 rings (SSSR count). The summed E-state index contributed by atoms with van der Waals surface area (Å²) in [6, 6.07) is 18.1. The molecule has 1 amide bonds. The van der Waals surface area contributed by atoms with Crippen LogP contribution in [0.3, 0.4) is 0 Å². The van der Waals surface area contributed by atoms with Crippen LogP contribution in [-0.4, -0.2) is 10.5 Å². The molecule has 0 aromatic heterocycles. The second kappa shape index (κ2) is 9.00. The third-order valence-electron chi connectivity index (χ3n) is 3.85. The quantitative estimate of drug-likeness (QED) is 0.419. The van der Waals surface area contributed by atoms with Gasteiger partial charge in [0, 0.05) is 22.9 Å². The zero-order valence-corrected chi connectivity index (χ0v) is 16.5. The zero-order chi connectivity index (χ0) is 20.9. The zero-order valence-electron chi connectivity index (χ0n) is 15.0. The van der Waals surface area contributed by atoms with E-state index >= 15 is 0 Å². The summed E-state index contributed by atoms with van der Waals surface area (Å²) in [6.07, 6.45) is 2.85. The molecule has 0 fully saturated rings. The fourth-order valence-corrected chi connectivity index (χ4v) is 3.76. The molecule has 0 aliphatic rings. The molecule has 0 aliphatic carbocycles. The van der Waals surface area contributed by atoms with Gasteiger partial charge in [-0.1, -0.05) is 52.2 Å². The minimum atomic E-state index is -4.03. The normalized spacial score (nSPS) is 13.1. The van der Waals surface area contributed by atoms with E-state index in [0.29, 0.717) is 10.6 Å². The van der Waals surface area contributed by atoms with Crippen molar-refractivity contribution in [3.8, 4) is 0 Å². The number of carbonyl (C=O) groups is 1. The van der Waals surface area contributed by atoms with Crippen LogP contribution in [0.15, 0.2) is 83.8 Å². The number of hydrogen-bond donors (Lipinski definition) is 2. The van der Waals surface area contributed by atoms with Crippen molar-refractivity contribution >= 4 is 45.4 Å². The highest BCUT2D eigenvalue weighted by Gasteiger charge is 2.22. The van der Waals surface area contributed by atoms with Gasteiger partial charge in [0.25, 0.3) is 0 Å². The van der Waals surface area contributed by atoms with Crippen LogP contribution in [0.4, 0.5) is 15.8 Å². The fraction of sp³-hybridized carbons (Fsp3) is 0. The summed E-state index contributed by atoms with van der Waals surface area (Å²) in [4.78, 5) is 12.0. The lowest BCUT2D eigenvalue weighted by molar-refractivity contribution is -0.111. The monoisotopic (exact) mass is 430 g/mol. The summed E-state index contributed by atoms with van der Waals surface area (Å²) < 4.78 is 41.0. The van der Waals surface area contributed by atoms with E-state index in [2.05, 4.69) is 10.0 Å². The number of amides is 1. The van der Waals surface area contributed by atoms with Crippen molar-refractivity contribution in [1.29, 1.82) is 0 Å².